The van der Waals surface area contributed by atoms with Crippen LogP contribution in [0.4, 0.5) is 13.2 Å². The fourth-order valence-corrected chi connectivity index (χ4v) is 2.12. The normalized spacial score (nSPS) is 10.6. The first-order chi connectivity index (χ1) is 8.91. The molecule has 0 saturated heterocycles. The van der Waals surface area contributed by atoms with Crippen LogP contribution in [0.2, 0.25) is 5.02 Å². The van der Waals surface area contributed by atoms with Crippen molar-refractivity contribution in [1.29, 1.82) is 0 Å². The summed E-state index contributed by atoms with van der Waals surface area (Å²) in [6.07, 6.45) is 0. The van der Waals surface area contributed by atoms with Gasteiger partial charge in [-0.1, -0.05) is 17.7 Å². The molecule has 0 bridgehead atoms. The van der Waals surface area contributed by atoms with Crippen molar-refractivity contribution in [2.24, 2.45) is 0 Å². The highest BCUT2D eigenvalue weighted by molar-refractivity contribution is 9.10. The maximum Gasteiger partial charge on any atom is 0.197 e. The second-order valence-electron chi connectivity index (χ2n) is 3.68. The molecule has 0 spiro atoms. The highest BCUT2D eigenvalue weighted by Gasteiger charge is 2.20. The molecule has 0 aliphatic rings. The molecule has 2 aromatic carbocycles. The lowest BCUT2D eigenvalue weighted by molar-refractivity contribution is 0.103. The lowest BCUT2D eigenvalue weighted by atomic mass is 10.0. The Kier molecular flexibility index (Phi) is 3.96. The molecule has 98 valence electrons. The minimum absolute atomic E-state index is 0.0945. The Labute approximate surface area is 120 Å². The van der Waals surface area contributed by atoms with E-state index in [2.05, 4.69) is 15.9 Å². The smallest absolute Gasteiger partial charge is 0.197 e. The Hall–Kier alpha value is -1.33. The summed E-state index contributed by atoms with van der Waals surface area (Å²) in [5, 5.41) is -0.275. The lowest BCUT2D eigenvalue weighted by Crippen LogP contribution is -2.06. The third kappa shape index (κ3) is 2.67. The van der Waals surface area contributed by atoms with Crippen molar-refractivity contribution >= 4 is 33.3 Å². The van der Waals surface area contributed by atoms with Gasteiger partial charge < -0.3 is 0 Å². The summed E-state index contributed by atoms with van der Waals surface area (Å²) in [5.74, 6) is -3.99. The van der Waals surface area contributed by atoms with Crippen LogP contribution in [0.1, 0.15) is 15.9 Å². The monoisotopic (exact) mass is 348 g/mol. The largest absolute Gasteiger partial charge is 0.288 e. The summed E-state index contributed by atoms with van der Waals surface area (Å²) >= 11 is 8.61. The van der Waals surface area contributed by atoms with E-state index in [9.17, 15) is 18.0 Å². The number of ketones is 1. The van der Waals surface area contributed by atoms with Crippen LogP contribution in [0.5, 0.6) is 0 Å². The zero-order chi connectivity index (χ0) is 14.2. The van der Waals surface area contributed by atoms with Crippen LogP contribution in [0, 0.1) is 17.5 Å². The Morgan fingerprint density at radius 3 is 2.37 bits per heavy atom. The van der Waals surface area contributed by atoms with E-state index in [1.807, 2.05) is 0 Å². The van der Waals surface area contributed by atoms with E-state index in [1.54, 1.807) is 0 Å². The Morgan fingerprint density at radius 2 is 1.68 bits per heavy atom. The molecule has 0 atom stereocenters. The molecule has 0 saturated carbocycles. The number of carbonyl (C=O) groups is 1. The molecule has 0 aromatic heterocycles. The molecule has 1 nitrogen and oxygen atoms in total. The van der Waals surface area contributed by atoms with E-state index in [4.69, 9.17) is 11.6 Å². The number of halogens is 5. The zero-order valence-corrected chi connectivity index (χ0v) is 11.5. The summed E-state index contributed by atoms with van der Waals surface area (Å²) < 4.78 is 39.9. The molecule has 0 heterocycles. The van der Waals surface area contributed by atoms with E-state index in [0.29, 0.717) is 12.1 Å². The van der Waals surface area contributed by atoms with E-state index in [1.165, 1.54) is 18.2 Å². The topological polar surface area (TPSA) is 17.1 Å². The van der Waals surface area contributed by atoms with Crippen molar-refractivity contribution in [2.75, 3.05) is 0 Å². The van der Waals surface area contributed by atoms with Gasteiger partial charge in [-0.05, 0) is 40.2 Å². The van der Waals surface area contributed by atoms with Gasteiger partial charge in [-0.2, -0.15) is 0 Å². The van der Waals surface area contributed by atoms with Gasteiger partial charge in [0, 0.05) is 5.56 Å². The van der Waals surface area contributed by atoms with Crippen molar-refractivity contribution in [2.45, 2.75) is 0 Å². The van der Waals surface area contributed by atoms with Gasteiger partial charge in [0.05, 0.1) is 15.1 Å². The van der Waals surface area contributed by atoms with Crippen molar-refractivity contribution < 1.29 is 18.0 Å². The third-order valence-electron chi connectivity index (χ3n) is 2.45. The first-order valence-electron chi connectivity index (χ1n) is 5.05. The van der Waals surface area contributed by atoms with Crippen LogP contribution >= 0.6 is 27.5 Å². The van der Waals surface area contributed by atoms with Gasteiger partial charge >= 0.3 is 0 Å². The maximum absolute atomic E-state index is 13.8. The number of carbonyl (C=O) groups excluding carboxylic acids is 1. The minimum Gasteiger partial charge on any atom is -0.288 e. The molecular weight excluding hydrogens is 344 g/mol. The Bertz CT molecular complexity index is 673. The average molecular weight is 350 g/mol. The van der Waals surface area contributed by atoms with E-state index in [-0.39, 0.29) is 20.6 Å². The highest BCUT2D eigenvalue weighted by atomic mass is 79.9. The first-order valence-corrected chi connectivity index (χ1v) is 6.22. The molecule has 0 N–H and O–H groups in total. The van der Waals surface area contributed by atoms with Crippen LogP contribution in [0.25, 0.3) is 0 Å². The molecule has 2 rings (SSSR count). The van der Waals surface area contributed by atoms with Crippen LogP contribution in [-0.2, 0) is 0 Å². The standard InChI is InChI=1S/C13H5BrClF3O/c14-8-3-1-2-6(12(8)18)13(19)7-4-10(16)11(17)5-9(7)15/h1-5H. The van der Waals surface area contributed by atoms with E-state index >= 15 is 0 Å². The lowest BCUT2D eigenvalue weighted by Gasteiger charge is -2.06. The van der Waals surface area contributed by atoms with Gasteiger partial charge in [-0.25, -0.2) is 13.2 Å². The Morgan fingerprint density at radius 1 is 1.05 bits per heavy atom. The van der Waals surface area contributed by atoms with Gasteiger partial charge in [0.25, 0.3) is 0 Å². The van der Waals surface area contributed by atoms with Crippen LogP contribution in [-0.4, -0.2) is 5.78 Å². The van der Waals surface area contributed by atoms with Gasteiger partial charge in [0.2, 0.25) is 0 Å². The molecule has 6 heteroatoms. The van der Waals surface area contributed by atoms with Crippen molar-refractivity contribution in [1.82, 2.24) is 0 Å². The average Bonchev–Trinajstić information content (AvgIpc) is 2.36. The van der Waals surface area contributed by atoms with E-state index < -0.39 is 23.2 Å². The summed E-state index contributed by atoms with van der Waals surface area (Å²) in [4.78, 5) is 12.1. The molecule has 0 fully saturated rings. The molecular formula is C13H5BrClF3O. The summed E-state index contributed by atoms with van der Waals surface area (Å²) in [5.41, 5.74) is -0.570. The molecule has 0 unspecified atom stereocenters. The number of hydrogen-bond acceptors (Lipinski definition) is 1. The Balaban J connectivity index is 2.56. The molecule has 0 aliphatic carbocycles. The van der Waals surface area contributed by atoms with Crippen molar-refractivity contribution in [3.63, 3.8) is 0 Å². The van der Waals surface area contributed by atoms with Crippen molar-refractivity contribution in [3.05, 3.63) is 68.4 Å². The summed E-state index contributed by atoms with van der Waals surface area (Å²) in [6.45, 7) is 0. The molecule has 0 amide bonds. The zero-order valence-electron chi connectivity index (χ0n) is 9.18. The quantitative estimate of drug-likeness (QED) is 0.565. The van der Waals surface area contributed by atoms with Crippen molar-refractivity contribution in [3.8, 4) is 0 Å². The second kappa shape index (κ2) is 5.35. The number of hydrogen-bond donors (Lipinski definition) is 0. The van der Waals surface area contributed by atoms with E-state index in [0.717, 1.165) is 0 Å². The SMILES string of the molecule is O=C(c1cc(F)c(F)cc1Cl)c1cccc(Br)c1F. The maximum atomic E-state index is 13.8. The molecule has 2 aromatic rings. The predicted molar refractivity (Wildman–Crippen MR) is 68.9 cm³/mol. The van der Waals surface area contributed by atoms with Gasteiger partial charge in [0.1, 0.15) is 5.82 Å². The fraction of sp³-hybridized carbons (Fsp3) is 0. The summed E-state index contributed by atoms with van der Waals surface area (Å²) in [6, 6.07) is 5.44. The highest BCUT2D eigenvalue weighted by Crippen LogP contribution is 2.26. The summed E-state index contributed by atoms with van der Waals surface area (Å²) in [7, 11) is 0. The van der Waals surface area contributed by atoms with Crippen LogP contribution in [0.15, 0.2) is 34.8 Å². The fourth-order valence-electron chi connectivity index (χ4n) is 1.52. The number of benzene rings is 2. The first kappa shape index (κ1) is 14.1. The molecule has 19 heavy (non-hydrogen) atoms. The molecule has 0 aliphatic heterocycles. The van der Waals surface area contributed by atoms with Gasteiger partial charge in [-0.3, -0.25) is 4.79 Å². The number of rotatable bonds is 2. The second-order valence-corrected chi connectivity index (χ2v) is 4.94. The molecule has 0 radical (unpaired) electrons. The third-order valence-corrected chi connectivity index (χ3v) is 3.38. The minimum atomic E-state index is -1.22. The van der Waals surface area contributed by atoms with Gasteiger partial charge in [0.15, 0.2) is 17.4 Å². The van der Waals surface area contributed by atoms with Crippen LogP contribution in [0.3, 0.4) is 0 Å². The predicted octanol–water partition coefficient (Wildman–Crippen LogP) is 4.75. The van der Waals surface area contributed by atoms with Gasteiger partial charge in [-0.15, -0.1) is 0 Å². The van der Waals surface area contributed by atoms with Crippen LogP contribution < -0.4 is 0 Å².